The fourth-order valence-electron chi connectivity index (χ4n) is 4.92. The summed E-state index contributed by atoms with van der Waals surface area (Å²) >= 11 is 0. The third-order valence-electron chi connectivity index (χ3n) is 6.75. The monoisotopic (exact) mass is 449 g/mol. The Balaban J connectivity index is 1.54. The highest BCUT2D eigenvalue weighted by atomic mass is 16.5. The van der Waals surface area contributed by atoms with Crippen molar-refractivity contribution in [2.75, 3.05) is 11.5 Å². The molecule has 3 atom stereocenters. The minimum atomic E-state index is -0.444. The van der Waals surface area contributed by atoms with Crippen LogP contribution in [0.4, 0.5) is 5.69 Å². The molecule has 0 unspecified atom stereocenters. The first-order valence-corrected chi connectivity index (χ1v) is 11.8. The van der Waals surface area contributed by atoms with Crippen LogP contribution < -0.4 is 9.64 Å². The number of hydrogen-bond acceptors (Lipinski definition) is 5. The van der Waals surface area contributed by atoms with Crippen LogP contribution in [0.3, 0.4) is 0 Å². The number of hydrogen-bond donors (Lipinski definition) is 0. The summed E-state index contributed by atoms with van der Waals surface area (Å²) < 4.78 is 11.4. The molecule has 4 rings (SSSR count). The van der Waals surface area contributed by atoms with Crippen molar-refractivity contribution in [2.45, 2.75) is 53.1 Å². The predicted octanol–water partition coefficient (Wildman–Crippen LogP) is 5.50. The van der Waals surface area contributed by atoms with Crippen molar-refractivity contribution < 1.29 is 23.9 Å². The summed E-state index contributed by atoms with van der Waals surface area (Å²) in [6.07, 6.45) is 2.91. The molecule has 6 heteroatoms. The van der Waals surface area contributed by atoms with Gasteiger partial charge in [0, 0.05) is 0 Å². The Kier molecular flexibility index (Phi) is 6.54. The third kappa shape index (κ3) is 4.52. The van der Waals surface area contributed by atoms with Crippen LogP contribution in [-0.2, 0) is 4.74 Å². The zero-order valence-corrected chi connectivity index (χ0v) is 19.7. The number of nitrogens with zero attached hydrogens (tertiary/aromatic N) is 1. The van der Waals surface area contributed by atoms with Gasteiger partial charge in [-0.3, -0.25) is 9.59 Å². The molecule has 1 saturated carbocycles. The van der Waals surface area contributed by atoms with Gasteiger partial charge in [-0.05, 0) is 80.0 Å². The summed E-state index contributed by atoms with van der Waals surface area (Å²) in [7, 11) is 0. The molecular formula is C27H31NO5. The van der Waals surface area contributed by atoms with Gasteiger partial charge >= 0.3 is 5.97 Å². The Hall–Kier alpha value is -3.15. The van der Waals surface area contributed by atoms with Gasteiger partial charge in [0.15, 0.2) is 0 Å². The Morgan fingerprint density at radius 2 is 1.73 bits per heavy atom. The third-order valence-corrected chi connectivity index (χ3v) is 6.75. The first kappa shape index (κ1) is 23.0. The molecule has 2 aromatic rings. The largest absolute Gasteiger partial charge is 0.494 e. The van der Waals surface area contributed by atoms with E-state index in [-0.39, 0.29) is 17.2 Å². The van der Waals surface area contributed by atoms with Crippen LogP contribution in [0.2, 0.25) is 0 Å². The summed E-state index contributed by atoms with van der Waals surface area (Å²) in [4.78, 5) is 40.1. The second-order valence-corrected chi connectivity index (χ2v) is 9.40. The number of ether oxygens (including phenoxy) is 2. The molecule has 1 fully saturated rings. The number of anilines is 1. The highest BCUT2D eigenvalue weighted by Crippen LogP contribution is 2.36. The van der Waals surface area contributed by atoms with Crippen LogP contribution >= 0.6 is 0 Å². The van der Waals surface area contributed by atoms with E-state index in [1.807, 2.05) is 6.92 Å². The maximum Gasteiger partial charge on any atom is 0.338 e. The highest BCUT2D eigenvalue weighted by molar-refractivity contribution is 6.34. The number of esters is 1. The molecule has 0 spiro atoms. The fourth-order valence-corrected chi connectivity index (χ4v) is 4.92. The Morgan fingerprint density at radius 1 is 1.03 bits per heavy atom. The van der Waals surface area contributed by atoms with Crippen molar-refractivity contribution in [3.63, 3.8) is 0 Å². The van der Waals surface area contributed by atoms with Crippen molar-refractivity contribution in [1.82, 2.24) is 0 Å². The van der Waals surface area contributed by atoms with Crippen molar-refractivity contribution in [1.29, 1.82) is 0 Å². The molecule has 33 heavy (non-hydrogen) atoms. The first-order valence-electron chi connectivity index (χ1n) is 11.8. The van der Waals surface area contributed by atoms with Crippen LogP contribution in [0.1, 0.15) is 78.0 Å². The van der Waals surface area contributed by atoms with Gasteiger partial charge in [-0.2, -0.15) is 0 Å². The lowest BCUT2D eigenvalue weighted by Gasteiger charge is -2.36. The van der Waals surface area contributed by atoms with Gasteiger partial charge in [0.1, 0.15) is 11.9 Å². The number of rotatable bonds is 6. The molecule has 2 amide bonds. The van der Waals surface area contributed by atoms with Crippen LogP contribution in [0.5, 0.6) is 5.75 Å². The SMILES string of the molecule is CCOc1ccc(N2C(=O)c3ccc(C(=O)O[C@@H]4C[C@H](C)CC[C@H]4C(C)C)cc3C2=O)cc1. The Morgan fingerprint density at radius 3 is 2.39 bits per heavy atom. The van der Waals surface area contributed by atoms with Crippen LogP contribution in [0, 0.1) is 17.8 Å². The van der Waals surface area contributed by atoms with Crippen LogP contribution in [0.15, 0.2) is 42.5 Å². The van der Waals surface area contributed by atoms with E-state index in [2.05, 4.69) is 20.8 Å². The number of imide groups is 1. The molecule has 0 aromatic heterocycles. The van der Waals surface area contributed by atoms with E-state index < -0.39 is 17.8 Å². The van der Waals surface area contributed by atoms with E-state index >= 15 is 0 Å². The maximum absolute atomic E-state index is 13.1. The quantitative estimate of drug-likeness (QED) is 0.430. The standard InChI is InChI=1S/C27H31NO5/c1-5-32-20-10-8-19(9-11-20)28-25(29)22-13-7-18(15-23(22)26(28)30)27(31)33-24-14-17(4)6-12-21(24)16(2)3/h7-11,13,15-17,21,24H,5-6,12,14H2,1-4H3/t17-,21+,24-/m1/s1. The topological polar surface area (TPSA) is 72.9 Å². The molecule has 0 radical (unpaired) electrons. The summed E-state index contributed by atoms with van der Waals surface area (Å²) in [5, 5.41) is 0. The molecule has 0 N–H and O–H groups in total. The van der Waals surface area contributed by atoms with Crippen LogP contribution in [0.25, 0.3) is 0 Å². The molecule has 1 aliphatic carbocycles. The fraction of sp³-hybridized carbons (Fsp3) is 0.444. The number of carbonyl (C=O) groups is 3. The molecule has 2 aliphatic rings. The van der Waals surface area contributed by atoms with Crippen molar-refractivity contribution in [3.05, 3.63) is 59.2 Å². The molecular weight excluding hydrogens is 418 g/mol. The predicted molar refractivity (Wildman–Crippen MR) is 126 cm³/mol. The minimum Gasteiger partial charge on any atom is -0.494 e. The van der Waals surface area contributed by atoms with Gasteiger partial charge < -0.3 is 9.47 Å². The molecule has 0 bridgehead atoms. The lowest BCUT2D eigenvalue weighted by molar-refractivity contribution is -0.0174. The van der Waals surface area contributed by atoms with Crippen LogP contribution in [-0.4, -0.2) is 30.5 Å². The van der Waals surface area contributed by atoms with E-state index in [4.69, 9.17) is 9.47 Å². The first-order chi connectivity index (χ1) is 15.8. The van der Waals surface area contributed by atoms with E-state index in [0.29, 0.717) is 41.4 Å². The van der Waals surface area contributed by atoms with E-state index in [9.17, 15) is 14.4 Å². The normalized spacial score (nSPS) is 22.5. The molecule has 2 aromatic carbocycles. The summed E-state index contributed by atoms with van der Waals surface area (Å²) in [5.74, 6) is 0.650. The number of amides is 2. The van der Waals surface area contributed by atoms with Crippen molar-refractivity contribution in [2.24, 2.45) is 17.8 Å². The zero-order chi connectivity index (χ0) is 23.7. The van der Waals surface area contributed by atoms with E-state index in [1.54, 1.807) is 36.4 Å². The maximum atomic E-state index is 13.1. The van der Waals surface area contributed by atoms with Crippen molar-refractivity contribution in [3.8, 4) is 5.75 Å². The van der Waals surface area contributed by atoms with Gasteiger partial charge in [0.25, 0.3) is 11.8 Å². The summed E-state index contributed by atoms with van der Waals surface area (Å²) in [6.45, 7) is 8.93. The van der Waals surface area contributed by atoms with E-state index in [1.165, 1.54) is 6.07 Å². The number of fused-ring (bicyclic) bond motifs is 1. The van der Waals surface area contributed by atoms with Gasteiger partial charge in [0.05, 0.1) is 29.0 Å². The second-order valence-electron chi connectivity index (χ2n) is 9.40. The lowest BCUT2D eigenvalue weighted by Crippen LogP contribution is -2.35. The Bertz CT molecular complexity index is 1060. The van der Waals surface area contributed by atoms with Gasteiger partial charge in [-0.15, -0.1) is 0 Å². The van der Waals surface area contributed by atoms with E-state index in [0.717, 1.165) is 24.2 Å². The smallest absolute Gasteiger partial charge is 0.338 e. The summed E-state index contributed by atoms with van der Waals surface area (Å²) in [5.41, 5.74) is 1.27. The van der Waals surface area contributed by atoms with Gasteiger partial charge in [-0.1, -0.05) is 27.2 Å². The Labute approximate surface area is 194 Å². The minimum absolute atomic E-state index is 0.132. The van der Waals surface area contributed by atoms with Crippen molar-refractivity contribution >= 4 is 23.5 Å². The molecule has 6 nitrogen and oxygen atoms in total. The number of benzene rings is 2. The summed E-state index contributed by atoms with van der Waals surface area (Å²) in [6, 6.07) is 11.4. The zero-order valence-electron chi connectivity index (χ0n) is 19.7. The molecule has 1 heterocycles. The average molecular weight is 450 g/mol. The molecule has 174 valence electrons. The van der Waals surface area contributed by atoms with Gasteiger partial charge in [0.2, 0.25) is 0 Å². The lowest BCUT2D eigenvalue weighted by atomic mass is 9.75. The molecule has 0 saturated heterocycles. The average Bonchev–Trinajstić information content (AvgIpc) is 3.04. The second kappa shape index (κ2) is 9.38. The molecule has 1 aliphatic heterocycles. The highest BCUT2D eigenvalue weighted by Gasteiger charge is 2.38. The number of carbonyl (C=O) groups excluding carboxylic acids is 3. The van der Waals surface area contributed by atoms with Gasteiger partial charge in [-0.25, -0.2) is 9.69 Å².